The quantitative estimate of drug-likeness (QED) is 0.137. The molecule has 0 aliphatic heterocycles. The van der Waals surface area contributed by atoms with Crippen LogP contribution >= 0.6 is 10.0 Å². The van der Waals surface area contributed by atoms with Crippen molar-refractivity contribution in [2.24, 2.45) is 0 Å². The van der Waals surface area contributed by atoms with Crippen LogP contribution in [0.4, 0.5) is 17.1 Å². The predicted molar refractivity (Wildman–Crippen MR) is 265 cm³/mol. The van der Waals surface area contributed by atoms with Gasteiger partial charge in [-0.25, -0.2) is 0 Å². The van der Waals surface area contributed by atoms with E-state index in [0.717, 1.165) is 50.1 Å². The van der Waals surface area contributed by atoms with Gasteiger partial charge in [0.15, 0.2) is 0 Å². The van der Waals surface area contributed by atoms with Crippen LogP contribution in [-0.4, -0.2) is 0 Å². The first kappa shape index (κ1) is 38.1. The van der Waals surface area contributed by atoms with E-state index in [0.29, 0.717) is 0 Å². The van der Waals surface area contributed by atoms with Crippen molar-refractivity contribution >= 4 is 49.0 Å². The minimum Gasteiger partial charge on any atom is -0.456 e. The largest absolute Gasteiger partial charge is 0.456 e. The summed E-state index contributed by atoms with van der Waals surface area (Å²) in [4.78, 5) is 7.50. The average Bonchev–Trinajstić information content (AvgIpc) is 3.74. The summed E-state index contributed by atoms with van der Waals surface area (Å²) in [5, 5.41) is 2.21. The minimum absolute atomic E-state index is 0.852. The second kappa shape index (κ2) is 16.5. The third-order valence-corrected chi connectivity index (χ3v) is 15.9. The van der Waals surface area contributed by atoms with Crippen molar-refractivity contribution < 1.29 is 4.42 Å². The van der Waals surface area contributed by atoms with Gasteiger partial charge < -0.3 is 9.32 Å². The van der Waals surface area contributed by atoms with Gasteiger partial charge in [0.25, 0.3) is 0 Å². The van der Waals surface area contributed by atoms with E-state index in [1.165, 1.54) is 41.8 Å². The van der Waals surface area contributed by atoms with Crippen molar-refractivity contribution in [3.63, 3.8) is 0 Å². The van der Waals surface area contributed by atoms with E-state index in [1.807, 2.05) is 6.07 Å². The molecule has 0 spiro atoms. The number of benzene rings is 10. The van der Waals surface area contributed by atoms with Gasteiger partial charge in [0.05, 0.1) is 0 Å². The Kier molecular flexibility index (Phi) is 10.0. The molecule has 0 N–H and O–H groups in total. The highest BCUT2D eigenvalue weighted by atomic mass is 32.3. The van der Waals surface area contributed by atoms with E-state index in [-0.39, 0.29) is 0 Å². The molecule has 0 amide bonds. The Labute approximate surface area is 370 Å². The zero-order valence-corrected chi connectivity index (χ0v) is 35.4. The van der Waals surface area contributed by atoms with E-state index in [1.54, 1.807) is 0 Å². The summed E-state index contributed by atoms with van der Waals surface area (Å²) < 4.78 is 6.68. The van der Waals surface area contributed by atoms with E-state index in [9.17, 15) is 0 Å². The molecule has 0 unspecified atom stereocenters. The Balaban J connectivity index is 1.03. The lowest BCUT2D eigenvalue weighted by atomic mass is 10.00. The third kappa shape index (κ3) is 7.09. The van der Waals surface area contributed by atoms with Crippen LogP contribution in [0.5, 0.6) is 0 Å². The average molecular weight is 826 g/mol. The molecular formula is C60H43NOS. The SMILES string of the molecule is c1ccc(-c2ccc(-c3ccc(N(c4ccc(S(c5ccccc5)(c5ccccc5)c5ccccc5)cc4)c4ccc5c(c4)oc4cc(-c6ccccc6)ccc45)cc3)cc2)cc1. The summed E-state index contributed by atoms with van der Waals surface area (Å²) in [5.41, 5.74) is 11.9. The van der Waals surface area contributed by atoms with Gasteiger partial charge in [-0.05, 0) is 130 Å². The topological polar surface area (TPSA) is 16.4 Å². The van der Waals surface area contributed by atoms with Gasteiger partial charge in [0, 0.05) is 53.5 Å². The molecule has 1 heterocycles. The maximum Gasteiger partial charge on any atom is 0.137 e. The molecule has 0 radical (unpaired) electrons. The lowest BCUT2D eigenvalue weighted by Crippen LogP contribution is -2.10. The maximum absolute atomic E-state index is 6.68. The summed E-state index contributed by atoms with van der Waals surface area (Å²) in [6, 6.07) is 94.3. The second-order valence-corrected chi connectivity index (χ2v) is 18.8. The monoisotopic (exact) mass is 825 g/mol. The Morgan fingerprint density at radius 2 is 0.571 bits per heavy atom. The Hall–Kier alpha value is -7.85. The number of nitrogens with zero attached hydrogens (tertiary/aromatic N) is 1. The molecule has 3 heteroatoms. The van der Waals surface area contributed by atoms with Gasteiger partial charge in [-0.1, -0.05) is 158 Å². The number of rotatable bonds is 10. The highest BCUT2D eigenvalue weighted by molar-refractivity contribution is 8.34. The van der Waals surface area contributed by atoms with Crippen LogP contribution in [0.15, 0.2) is 285 Å². The van der Waals surface area contributed by atoms with Crippen molar-refractivity contribution in [1.29, 1.82) is 0 Å². The fraction of sp³-hybridized carbons (Fsp3) is 0. The van der Waals surface area contributed by atoms with Gasteiger partial charge in [-0.15, -0.1) is 10.0 Å². The first-order chi connectivity index (χ1) is 31.2. The van der Waals surface area contributed by atoms with Gasteiger partial charge in [0.1, 0.15) is 11.2 Å². The Morgan fingerprint density at radius 1 is 0.254 bits per heavy atom. The number of fused-ring (bicyclic) bond motifs is 3. The first-order valence-corrected chi connectivity index (χ1v) is 23.0. The van der Waals surface area contributed by atoms with E-state index < -0.39 is 10.0 Å². The van der Waals surface area contributed by atoms with Crippen molar-refractivity contribution in [2.45, 2.75) is 19.6 Å². The minimum atomic E-state index is -1.84. The van der Waals surface area contributed by atoms with Crippen molar-refractivity contribution in [3.8, 4) is 33.4 Å². The lowest BCUT2D eigenvalue weighted by Gasteiger charge is -2.42. The van der Waals surface area contributed by atoms with Crippen LogP contribution in [0.2, 0.25) is 0 Å². The molecule has 11 rings (SSSR count). The molecule has 0 aliphatic carbocycles. The number of hydrogen-bond acceptors (Lipinski definition) is 2. The summed E-state index contributed by atoms with van der Waals surface area (Å²) in [6.45, 7) is 0. The van der Waals surface area contributed by atoms with Crippen LogP contribution < -0.4 is 4.90 Å². The van der Waals surface area contributed by atoms with Crippen LogP contribution in [-0.2, 0) is 0 Å². The standard InChI is InChI=1S/C60H43NOS/c1-6-16-44(17-7-1)46-26-28-47(29-27-46)48-30-33-50(34-31-48)61(52-37-41-58-57-40-32-49(45-18-8-2-9-19-45)42-59(57)62-60(58)43-52)51-35-38-56(39-36-51)63(53-20-10-3-11-21-53,54-22-12-4-13-23-54)55-24-14-5-15-25-55/h1-43H. The third-order valence-electron chi connectivity index (χ3n) is 12.0. The van der Waals surface area contributed by atoms with Crippen LogP contribution in [0, 0.1) is 0 Å². The van der Waals surface area contributed by atoms with E-state index >= 15 is 0 Å². The molecule has 10 aromatic carbocycles. The predicted octanol–water partition coefficient (Wildman–Crippen LogP) is 17.4. The van der Waals surface area contributed by atoms with Crippen LogP contribution in [0.1, 0.15) is 0 Å². The highest BCUT2D eigenvalue weighted by Gasteiger charge is 2.33. The smallest absolute Gasteiger partial charge is 0.137 e. The maximum atomic E-state index is 6.68. The fourth-order valence-corrected chi connectivity index (χ4v) is 12.8. The molecule has 0 bridgehead atoms. The molecule has 0 saturated carbocycles. The molecule has 1 aromatic heterocycles. The Morgan fingerprint density at radius 3 is 1.05 bits per heavy atom. The summed E-state index contributed by atoms with van der Waals surface area (Å²) in [7, 11) is -1.84. The second-order valence-electron chi connectivity index (χ2n) is 15.7. The van der Waals surface area contributed by atoms with Crippen molar-refractivity contribution in [3.05, 3.63) is 261 Å². The van der Waals surface area contributed by atoms with Gasteiger partial charge in [-0.3, -0.25) is 0 Å². The summed E-state index contributed by atoms with van der Waals surface area (Å²) in [6.07, 6.45) is 0. The lowest BCUT2D eigenvalue weighted by molar-refractivity contribution is 0.669. The van der Waals surface area contributed by atoms with Gasteiger partial charge in [0.2, 0.25) is 0 Å². The summed E-state index contributed by atoms with van der Waals surface area (Å²) >= 11 is 0. The van der Waals surface area contributed by atoms with Crippen molar-refractivity contribution in [1.82, 2.24) is 0 Å². The Bertz CT molecular complexity index is 3180. The zero-order chi connectivity index (χ0) is 42.0. The molecule has 0 atom stereocenters. The number of hydrogen-bond donors (Lipinski definition) is 0. The molecule has 300 valence electrons. The zero-order valence-electron chi connectivity index (χ0n) is 34.6. The molecular weight excluding hydrogens is 783 g/mol. The molecule has 0 saturated heterocycles. The number of anilines is 3. The molecule has 11 aromatic rings. The van der Waals surface area contributed by atoms with Crippen LogP contribution in [0.3, 0.4) is 0 Å². The first-order valence-electron chi connectivity index (χ1n) is 21.4. The van der Waals surface area contributed by atoms with Crippen molar-refractivity contribution in [2.75, 3.05) is 4.90 Å². The van der Waals surface area contributed by atoms with E-state index in [2.05, 4.69) is 260 Å². The highest BCUT2D eigenvalue weighted by Crippen LogP contribution is 2.73. The molecule has 2 nitrogen and oxygen atoms in total. The molecule has 0 fully saturated rings. The number of furan rings is 1. The molecule has 63 heavy (non-hydrogen) atoms. The van der Waals surface area contributed by atoms with Crippen LogP contribution in [0.25, 0.3) is 55.3 Å². The van der Waals surface area contributed by atoms with Gasteiger partial charge >= 0.3 is 0 Å². The van der Waals surface area contributed by atoms with Gasteiger partial charge in [-0.2, -0.15) is 0 Å². The normalized spacial score (nSPS) is 11.7. The van der Waals surface area contributed by atoms with E-state index in [4.69, 9.17) is 4.42 Å². The summed E-state index contributed by atoms with van der Waals surface area (Å²) in [5.74, 6) is 0. The molecule has 0 aliphatic rings. The fourth-order valence-electron chi connectivity index (χ4n) is 8.94.